The van der Waals surface area contributed by atoms with Crippen molar-refractivity contribution in [3.63, 3.8) is 0 Å². The third kappa shape index (κ3) is 4.65. The van der Waals surface area contributed by atoms with E-state index < -0.39 is 0 Å². The number of nitrogens with two attached hydrogens (primary N) is 1. The highest BCUT2D eigenvalue weighted by Crippen LogP contribution is 2.03. The van der Waals surface area contributed by atoms with Crippen LogP contribution in [0.15, 0.2) is 18.0 Å². The molecule has 0 aromatic carbocycles. The van der Waals surface area contributed by atoms with E-state index in [2.05, 4.69) is 24.6 Å². The Morgan fingerprint density at radius 1 is 1.73 bits per heavy atom. The zero-order valence-corrected chi connectivity index (χ0v) is 7.48. The first-order chi connectivity index (χ1) is 5.24. The van der Waals surface area contributed by atoms with E-state index in [1.165, 1.54) is 0 Å². The van der Waals surface area contributed by atoms with Gasteiger partial charge < -0.3 is 11.1 Å². The van der Waals surface area contributed by atoms with Crippen LogP contribution in [0.2, 0.25) is 0 Å². The number of hydrogen-bond donors (Lipinski definition) is 2. The molecule has 0 aromatic heterocycles. The van der Waals surface area contributed by atoms with Crippen LogP contribution in [0.4, 0.5) is 0 Å². The molecule has 0 radical (unpaired) electrons. The molecule has 0 saturated heterocycles. The molecule has 2 nitrogen and oxygen atoms in total. The quantitative estimate of drug-likeness (QED) is 0.587. The standard InChI is InChI=1S/C9H18N2/c1-4-6-8(10)7-9(5-2)11-3/h8,11H,2,4,6-7,10H2,1,3H3. The minimum Gasteiger partial charge on any atom is -0.385 e. The van der Waals surface area contributed by atoms with E-state index in [0.29, 0.717) is 0 Å². The maximum atomic E-state index is 5.81. The third-order valence-electron chi connectivity index (χ3n) is 1.64. The molecule has 0 spiro atoms. The first-order valence-corrected chi connectivity index (χ1v) is 4.06. The van der Waals surface area contributed by atoms with Gasteiger partial charge in [-0.05, 0) is 6.42 Å². The molecule has 64 valence electrons. The van der Waals surface area contributed by atoms with Crippen LogP contribution < -0.4 is 11.1 Å². The molecule has 1 atom stereocenters. The molecule has 0 saturated carbocycles. The molecule has 0 aliphatic heterocycles. The number of nitrogens with one attached hydrogen (secondary N) is 1. The monoisotopic (exact) mass is 154 g/mol. The van der Waals surface area contributed by atoms with Gasteiger partial charge in [0.15, 0.2) is 0 Å². The lowest BCUT2D eigenvalue weighted by atomic mass is 10.1. The van der Waals surface area contributed by atoms with Crippen LogP contribution >= 0.6 is 0 Å². The Morgan fingerprint density at radius 3 is 2.73 bits per heavy atom. The highest BCUT2D eigenvalue weighted by atomic mass is 14.8. The topological polar surface area (TPSA) is 38.0 Å². The first-order valence-electron chi connectivity index (χ1n) is 4.06. The molecule has 0 amide bonds. The summed E-state index contributed by atoms with van der Waals surface area (Å²) < 4.78 is 0. The zero-order valence-electron chi connectivity index (χ0n) is 7.48. The van der Waals surface area contributed by atoms with Crippen LogP contribution in [0.3, 0.4) is 0 Å². The average Bonchev–Trinajstić information content (AvgIpc) is 2.01. The first kappa shape index (κ1) is 10.3. The lowest BCUT2D eigenvalue weighted by molar-refractivity contribution is 0.584. The van der Waals surface area contributed by atoms with E-state index in [0.717, 1.165) is 25.0 Å². The van der Waals surface area contributed by atoms with E-state index >= 15 is 0 Å². The van der Waals surface area contributed by atoms with Crippen LogP contribution in [0, 0.1) is 0 Å². The van der Waals surface area contributed by atoms with Gasteiger partial charge in [-0.1, -0.05) is 19.9 Å². The van der Waals surface area contributed by atoms with Crippen molar-refractivity contribution in [3.05, 3.63) is 18.0 Å². The summed E-state index contributed by atoms with van der Waals surface area (Å²) in [4.78, 5) is 0. The van der Waals surface area contributed by atoms with Crippen molar-refractivity contribution in [2.45, 2.75) is 32.2 Å². The van der Waals surface area contributed by atoms with Crippen molar-refractivity contribution in [1.82, 2.24) is 5.32 Å². The molecule has 3 N–H and O–H groups in total. The normalized spacial score (nSPS) is 11.9. The van der Waals surface area contributed by atoms with Crippen LogP contribution in [-0.2, 0) is 0 Å². The fourth-order valence-electron chi connectivity index (χ4n) is 0.998. The van der Waals surface area contributed by atoms with Crippen LogP contribution in [0.25, 0.3) is 0 Å². The molecule has 0 rings (SSSR count). The third-order valence-corrected chi connectivity index (χ3v) is 1.64. The molecule has 11 heavy (non-hydrogen) atoms. The predicted molar refractivity (Wildman–Crippen MR) is 49.2 cm³/mol. The van der Waals surface area contributed by atoms with E-state index in [-0.39, 0.29) is 6.04 Å². The summed E-state index contributed by atoms with van der Waals surface area (Å²) in [5, 5.41) is 3.00. The van der Waals surface area contributed by atoms with Gasteiger partial charge in [-0.2, -0.15) is 0 Å². The zero-order chi connectivity index (χ0) is 8.69. The lowest BCUT2D eigenvalue weighted by Gasteiger charge is -2.10. The second kappa shape index (κ2) is 6.02. The van der Waals surface area contributed by atoms with Gasteiger partial charge in [-0.15, -0.1) is 5.73 Å². The second-order valence-corrected chi connectivity index (χ2v) is 2.66. The molecule has 2 heteroatoms. The van der Waals surface area contributed by atoms with Gasteiger partial charge in [0.1, 0.15) is 0 Å². The molecule has 0 bridgehead atoms. The lowest BCUT2D eigenvalue weighted by Crippen LogP contribution is -2.23. The van der Waals surface area contributed by atoms with E-state index in [9.17, 15) is 0 Å². The minimum atomic E-state index is 0.247. The van der Waals surface area contributed by atoms with Crippen molar-refractivity contribution >= 4 is 0 Å². The Balaban J connectivity index is 3.72. The van der Waals surface area contributed by atoms with Crippen molar-refractivity contribution in [3.8, 4) is 0 Å². The number of hydrogen-bond acceptors (Lipinski definition) is 2. The van der Waals surface area contributed by atoms with E-state index in [1.54, 1.807) is 0 Å². The van der Waals surface area contributed by atoms with Crippen molar-refractivity contribution < 1.29 is 0 Å². The summed E-state index contributed by atoms with van der Waals surface area (Å²) in [5.41, 5.74) is 9.63. The Hall–Kier alpha value is -0.720. The fourth-order valence-corrected chi connectivity index (χ4v) is 0.998. The number of rotatable bonds is 5. The Kier molecular flexibility index (Phi) is 5.63. The van der Waals surface area contributed by atoms with Gasteiger partial charge in [0.05, 0.1) is 5.70 Å². The fraction of sp³-hybridized carbons (Fsp3) is 0.667. The van der Waals surface area contributed by atoms with Gasteiger partial charge >= 0.3 is 0 Å². The maximum Gasteiger partial charge on any atom is 0.0544 e. The van der Waals surface area contributed by atoms with Crippen LogP contribution in [-0.4, -0.2) is 13.1 Å². The predicted octanol–water partition coefficient (Wildman–Crippen LogP) is 1.39. The van der Waals surface area contributed by atoms with Crippen molar-refractivity contribution in [2.24, 2.45) is 5.73 Å². The SMILES string of the molecule is C=C=C(CC(N)CCC)NC. The molecule has 0 aliphatic rings. The Labute approximate surface area is 69.2 Å². The Morgan fingerprint density at radius 2 is 2.36 bits per heavy atom. The van der Waals surface area contributed by atoms with Gasteiger partial charge in [0.2, 0.25) is 0 Å². The molecular formula is C9H18N2. The van der Waals surface area contributed by atoms with Crippen LogP contribution in [0.1, 0.15) is 26.2 Å². The van der Waals surface area contributed by atoms with Gasteiger partial charge in [0, 0.05) is 19.5 Å². The van der Waals surface area contributed by atoms with E-state index in [4.69, 9.17) is 5.73 Å². The largest absolute Gasteiger partial charge is 0.385 e. The summed E-state index contributed by atoms with van der Waals surface area (Å²) in [7, 11) is 1.87. The smallest absolute Gasteiger partial charge is 0.0544 e. The highest BCUT2D eigenvalue weighted by Gasteiger charge is 2.02. The van der Waals surface area contributed by atoms with Gasteiger partial charge in [0.25, 0.3) is 0 Å². The summed E-state index contributed by atoms with van der Waals surface area (Å²) in [6, 6.07) is 0.247. The van der Waals surface area contributed by atoms with Crippen LogP contribution in [0.5, 0.6) is 0 Å². The molecule has 0 fully saturated rings. The molecule has 0 heterocycles. The maximum absolute atomic E-state index is 5.81. The summed E-state index contributed by atoms with van der Waals surface area (Å²) in [6.45, 7) is 5.70. The summed E-state index contributed by atoms with van der Waals surface area (Å²) in [6.07, 6.45) is 3.05. The molecular weight excluding hydrogens is 136 g/mol. The second-order valence-electron chi connectivity index (χ2n) is 2.66. The van der Waals surface area contributed by atoms with Crippen molar-refractivity contribution in [1.29, 1.82) is 0 Å². The van der Waals surface area contributed by atoms with E-state index in [1.807, 2.05) is 7.05 Å². The van der Waals surface area contributed by atoms with Gasteiger partial charge in [-0.25, -0.2) is 0 Å². The summed E-state index contributed by atoms with van der Waals surface area (Å²) >= 11 is 0. The van der Waals surface area contributed by atoms with Gasteiger partial charge in [-0.3, -0.25) is 0 Å². The molecule has 0 aromatic rings. The Bertz CT molecular complexity index is 146. The minimum absolute atomic E-state index is 0.247. The highest BCUT2D eigenvalue weighted by molar-refractivity contribution is 4.97. The summed E-state index contributed by atoms with van der Waals surface area (Å²) in [5.74, 6) is 0. The average molecular weight is 154 g/mol. The molecule has 0 aliphatic carbocycles. The van der Waals surface area contributed by atoms with Crippen molar-refractivity contribution in [2.75, 3.05) is 7.05 Å². The molecule has 1 unspecified atom stereocenters.